The van der Waals surface area contributed by atoms with Crippen molar-refractivity contribution in [2.75, 3.05) is 0 Å². The van der Waals surface area contributed by atoms with Crippen molar-refractivity contribution in [2.45, 2.75) is 58.0 Å². The lowest BCUT2D eigenvalue weighted by molar-refractivity contribution is 0.318. The molecule has 1 aliphatic rings. The Bertz CT molecular complexity index is 463. The Morgan fingerprint density at radius 2 is 2.00 bits per heavy atom. The van der Waals surface area contributed by atoms with E-state index in [2.05, 4.69) is 23.5 Å². The van der Waals surface area contributed by atoms with Crippen molar-refractivity contribution in [3.05, 3.63) is 34.9 Å². The second-order valence-electron chi connectivity index (χ2n) is 5.70. The molecule has 1 aromatic carbocycles. The topological polar surface area (TPSA) is 70.6 Å². The van der Waals surface area contributed by atoms with Crippen LogP contribution in [-0.4, -0.2) is 17.1 Å². The first-order chi connectivity index (χ1) is 9.70. The van der Waals surface area contributed by atoms with Crippen molar-refractivity contribution in [2.24, 2.45) is 10.9 Å². The number of nitrogens with one attached hydrogen (secondary N) is 1. The molecule has 1 aliphatic carbocycles. The van der Waals surface area contributed by atoms with Crippen molar-refractivity contribution in [1.29, 1.82) is 0 Å². The molecule has 0 amide bonds. The lowest BCUT2D eigenvalue weighted by Gasteiger charge is -2.17. The number of hydrogen-bond donors (Lipinski definition) is 3. The van der Waals surface area contributed by atoms with Gasteiger partial charge in [0.1, 0.15) is 0 Å². The van der Waals surface area contributed by atoms with Gasteiger partial charge in [0.05, 0.1) is 0 Å². The molecule has 20 heavy (non-hydrogen) atoms. The molecule has 0 aliphatic heterocycles. The van der Waals surface area contributed by atoms with Gasteiger partial charge in [-0.1, -0.05) is 43.0 Å². The largest absolute Gasteiger partial charge is 0.409 e. The van der Waals surface area contributed by atoms with Gasteiger partial charge >= 0.3 is 0 Å². The standard InChI is InChI=1S/C16H25N3O/c1-12-10-13(16(17)19-20)8-9-14(12)11-18-15-6-4-2-3-5-7-15/h8-10,15,18,20H,2-7,11H2,1H3,(H2,17,19). The highest BCUT2D eigenvalue weighted by atomic mass is 16.4. The molecule has 0 aromatic heterocycles. The van der Waals surface area contributed by atoms with Crippen LogP contribution >= 0.6 is 0 Å². The molecule has 1 aromatic rings. The van der Waals surface area contributed by atoms with Gasteiger partial charge in [-0.15, -0.1) is 0 Å². The number of amidine groups is 1. The molecule has 1 saturated carbocycles. The molecule has 1 fully saturated rings. The van der Waals surface area contributed by atoms with E-state index in [1.807, 2.05) is 12.1 Å². The first kappa shape index (κ1) is 14.9. The summed E-state index contributed by atoms with van der Waals surface area (Å²) >= 11 is 0. The fraction of sp³-hybridized carbons (Fsp3) is 0.562. The van der Waals surface area contributed by atoms with Crippen molar-refractivity contribution in [3.63, 3.8) is 0 Å². The zero-order valence-electron chi connectivity index (χ0n) is 12.2. The predicted molar refractivity (Wildman–Crippen MR) is 82.0 cm³/mol. The van der Waals surface area contributed by atoms with Crippen LogP contribution in [-0.2, 0) is 6.54 Å². The Balaban J connectivity index is 1.95. The highest BCUT2D eigenvalue weighted by Crippen LogP contribution is 2.18. The zero-order chi connectivity index (χ0) is 14.4. The number of nitrogens with two attached hydrogens (primary N) is 1. The number of rotatable bonds is 4. The molecule has 4 heteroatoms. The van der Waals surface area contributed by atoms with E-state index >= 15 is 0 Å². The van der Waals surface area contributed by atoms with Crippen molar-refractivity contribution in [1.82, 2.24) is 5.32 Å². The fourth-order valence-corrected chi connectivity index (χ4v) is 2.85. The number of oxime groups is 1. The van der Waals surface area contributed by atoms with E-state index in [1.54, 1.807) is 0 Å². The van der Waals surface area contributed by atoms with Gasteiger partial charge in [-0.3, -0.25) is 0 Å². The SMILES string of the molecule is Cc1cc(/C(N)=N/O)ccc1CNC1CCCCCC1. The minimum atomic E-state index is 0.163. The van der Waals surface area contributed by atoms with Crippen LogP contribution in [0, 0.1) is 6.92 Å². The summed E-state index contributed by atoms with van der Waals surface area (Å²) in [6, 6.07) is 6.60. The van der Waals surface area contributed by atoms with Crippen LogP contribution in [0.3, 0.4) is 0 Å². The van der Waals surface area contributed by atoms with Crippen LogP contribution in [0.1, 0.15) is 55.2 Å². The number of hydrogen-bond acceptors (Lipinski definition) is 3. The lowest BCUT2D eigenvalue weighted by Crippen LogP contribution is -2.28. The molecule has 110 valence electrons. The third-order valence-electron chi connectivity index (χ3n) is 4.18. The van der Waals surface area contributed by atoms with E-state index in [-0.39, 0.29) is 5.84 Å². The maximum absolute atomic E-state index is 8.70. The van der Waals surface area contributed by atoms with Crippen LogP contribution in [0.2, 0.25) is 0 Å². The quantitative estimate of drug-likeness (QED) is 0.260. The zero-order valence-corrected chi connectivity index (χ0v) is 12.2. The van der Waals surface area contributed by atoms with E-state index in [0.29, 0.717) is 6.04 Å². The second kappa shape index (κ2) is 7.29. The van der Waals surface area contributed by atoms with Gasteiger partial charge < -0.3 is 16.3 Å². The fourth-order valence-electron chi connectivity index (χ4n) is 2.85. The van der Waals surface area contributed by atoms with Crippen molar-refractivity contribution < 1.29 is 5.21 Å². The Kier molecular flexibility index (Phi) is 5.41. The summed E-state index contributed by atoms with van der Waals surface area (Å²) in [5.74, 6) is 0.163. The molecule has 0 atom stereocenters. The monoisotopic (exact) mass is 275 g/mol. The van der Waals surface area contributed by atoms with Crippen LogP contribution < -0.4 is 11.1 Å². The van der Waals surface area contributed by atoms with E-state index in [4.69, 9.17) is 10.9 Å². The maximum atomic E-state index is 8.70. The number of aryl methyl sites for hydroxylation is 1. The second-order valence-corrected chi connectivity index (χ2v) is 5.70. The molecular formula is C16H25N3O. The average Bonchev–Trinajstić information content (AvgIpc) is 2.73. The molecular weight excluding hydrogens is 250 g/mol. The third-order valence-corrected chi connectivity index (χ3v) is 4.18. The summed E-state index contributed by atoms with van der Waals surface area (Å²) < 4.78 is 0. The smallest absolute Gasteiger partial charge is 0.170 e. The van der Waals surface area contributed by atoms with Crippen molar-refractivity contribution in [3.8, 4) is 0 Å². The Morgan fingerprint density at radius 3 is 2.60 bits per heavy atom. The first-order valence-electron chi connectivity index (χ1n) is 7.51. The minimum Gasteiger partial charge on any atom is -0.409 e. The summed E-state index contributed by atoms with van der Waals surface area (Å²) in [7, 11) is 0. The predicted octanol–water partition coefficient (Wildman–Crippen LogP) is 2.90. The molecule has 0 saturated heterocycles. The maximum Gasteiger partial charge on any atom is 0.170 e. The summed E-state index contributed by atoms with van der Waals surface area (Å²) in [4.78, 5) is 0. The van der Waals surface area contributed by atoms with Crippen LogP contribution in [0.25, 0.3) is 0 Å². The van der Waals surface area contributed by atoms with Gasteiger partial charge in [0.2, 0.25) is 0 Å². The van der Waals surface area contributed by atoms with Gasteiger partial charge in [0, 0.05) is 18.2 Å². The normalized spacial score (nSPS) is 17.9. The Labute approximate surface area is 121 Å². The third kappa shape index (κ3) is 3.97. The first-order valence-corrected chi connectivity index (χ1v) is 7.51. The van der Waals surface area contributed by atoms with Gasteiger partial charge in [0.25, 0.3) is 0 Å². The minimum absolute atomic E-state index is 0.163. The van der Waals surface area contributed by atoms with E-state index in [1.165, 1.54) is 49.7 Å². The molecule has 4 nitrogen and oxygen atoms in total. The van der Waals surface area contributed by atoms with Gasteiger partial charge in [-0.05, 0) is 37.0 Å². The van der Waals surface area contributed by atoms with E-state index in [9.17, 15) is 0 Å². The molecule has 0 bridgehead atoms. The lowest BCUT2D eigenvalue weighted by atomic mass is 10.0. The average molecular weight is 275 g/mol. The molecule has 0 radical (unpaired) electrons. The molecule has 0 heterocycles. The Hall–Kier alpha value is -1.55. The molecule has 4 N–H and O–H groups in total. The van der Waals surface area contributed by atoms with Crippen LogP contribution in [0.15, 0.2) is 23.4 Å². The molecule has 0 spiro atoms. The van der Waals surface area contributed by atoms with E-state index < -0.39 is 0 Å². The Morgan fingerprint density at radius 1 is 1.30 bits per heavy atom. The van der Waals surface area contributed by atoms with Gasteiger partial charge in [-0.2, -0.15) is 0 Å². The summed E-state index contributed by atoms with van der Waals surface area (Å²) in [6.07, 6.45) is 8.04. The summed E-state index contributed by atoms with van der Waals surface area (Å²) in [6.45, 7) is 2.96. The highest BCUT2D eigenvalue weighted by Gasteiger charge is 2.12. The summed E-state index contributed by atoms with van der Waals surface area (Å²) in [5, 5.41) is 15.4. The van der Waals surface area contributed by atoms with Gasteiger partial charge in [-0.25, -0.2) is 0 Å². The van der Waals surface area contributed by atoms with Crippen LogP contribution in [0.4, 0.5) is 0 Å². The summed E-state index contributed by atoms with van der Waals surface area (Å²) in [5.41, 5.74) is 8.83. The van der Waals surface area contributed by atoms with Crippen LogP contribution in [0.5, 0.6) is 0 Å². The molecule has 2 rings (SSSR count). The van der Waals surface area contributed by atoms with E-state index in [0.717, 1.165) is 12.1 Å². The van der Waals surface area contributed by atoms with Gasteiger partial charge in [0.15, 0.2) is 5.84 Å². The van der Waals surface area contributed by atoms with Crippen molar-refractivity contribution >= 4 is 5.84 Å². The number of nitrogens with zero attached hydrogens (tertiary/aromatic N) is 1. The number of benzene rings is 1. The molecule has 0 unspecified atom stereocenters. The highest BCUT2D eigenvalue weighted by molar-refractivity contribution is 5.97.